The van der Waals surface area contributed by atoms with Crippen LogP contribution in [0.2, 0.25) is 0 Å². The molecule has 0 spiro atoms. The number of aryl methyl sites for hydroxylation is 1. The summed E-state index contributed by atoms with van der Waals surface area (Å²) >= 11 is 0. The van der Waals surface area contributed by atoms with Crippen molar-refractivity contribution in [2.24, 2.45) is 0 Å². The molecule has 0 fully saturated rings. The molecule has 4 nitrogen and oxygen atoms in total. The summed E-state index contributed by atoms with van der Waals surface area (Å²) in [5.74, 6) is -0.538. The van der Waals surface area contributed by atoms with Crippen LogP contribution >= 0.6 is 0 Å². The van der Waals surface area contributed by atoms with E-state index in [1.165, 1.54) is 12.1 Å². The van der Waals surface area contributed by atoms with E-state index >= 15 is 0 Å². The molecule has 0 aliphatic heterocycles. The lowest BCUT2D eigenvalue weighted by Gasteiger charge is -2.05. The van der Waals surface area contributed by atoms with Crippen LogP contribution < -0.4 is 4.72 Å². The van der Waals surface area contributed by atoms with E-state index in [0.717, 1.165) is 5.56 Å². The minimum absolute atomic E-state index is 0.0571. The highest BCUT2D eigenvalue weighted by molar-refractivity contribution is 7.90. The minimum Gasteiger partial charge on any atom is -0.274 e. The van der Waals surface area contributed by atoms with Crippen LogP contribution in [0.25, 0.3) is 0 Å². The number of carbonyl (C=O) groups excluding carboxylic acids is 1. The van der Waals surface area contributed by atoms with Gasteiger partial charge in [0.15, 0.2) is 0 Å². The lowest BCUT2D eigenvalue weighted by Crippen LogP contribution is -2.29. The Labute approximate surface area is 101 Å². The summed E-state index contributed by atoms with van der Waals surface area (Å²) in [7, 11) is -3.74. The van der Waals surface area contributed by atoms with Gasteiger partial charge in [0.05, 0.1) is 4.90 Å². The van der Waals surface area contributed by atoms with Gasteiger partial charge >= 0.3 is 0 Å². The molecule has 0 unspecified atom stereocenters. The van der Waals surface area contributed by atoms with Gasteiger partial charge in [-0.2, -0.15) is 0 Å². The summed E-state index contributed by atoms with van der Waals surface area (Å²) in [5.41, 5.74) is 0.962. The number of benzene rings is 1. The predicted molar refractivity (Wildman–Crippen MR) is 65.9 cm³/mol. The van der Waals surface area contributed by atoms with Crippen molar-refractivity contribution in [3.63, 3.8) is 0 Å². The number of carbonyl (C=O) groups is 1. The van der Waals surface area contributed by atoms with Crippen molar-refractivity contribution in [3.8, 4) is 0 Å². The molecule has 0 saturated heterocycles. The fourth-order valence-electron chi connectivity index (χ4n) is 1.19. The molecule has 1 N–H and O–H groups in total. The largest absolute Gasteiger partial charge is 0.274 e. The first-order valence-corrected chi connectivity index (χ1v) is 6.67. The Balaban J connectivity index is 2.82. The molecular formula is C12H15NO3S. The Morgan fingerprint density at radius 3 is 2.41 bits per heavy atom. The summed E-state index contributed by atoms with van der Waals surface area (Å²) in [6.45, 7) is 3.63. The van der Waals surface area contributed by atoms with Gasteiger partial charge in [0.25, 0.3) is 10.0 Å². The average Bonchev–Trinajstić information content (AvgIpc) is 2.26. The maximum Gasteiger partial charge on any atom is 0.264 e. The summed E-state index contributed by atoms with van der Waals surface area (Å²) < 4.78 is 25.5. The first-order valence-electron chi connectivity index (χ1n) is 5.19. The fraction of sp³-hybridized carbons (Fsp3) is 0.250. The summed E-state index contributed by atoms with van der Waals surface area (Å²) in [6.07, 6.45) is 3.35. The Morgan fingerprint density at radius 2 is 1.88 bits per heavy atom. The molecular weight excluding hydrogens is 238 g/mol. The van der Waals surface area contributed by atoms with Gasteiger partial charge in [0.2, 0.25) is 5.91 Å². The van der Waals surface area contributed by atoms with Crippen LogP contribution in [0.5, 0.6) is 0 Å². The number of allylic oxidation sites excluding steroid dienone is 1. The summed E-state index contributed by atoms with van der Waals surface area (Å²) in [4.78, 5) is 11.4. The zero-order chi connectivity index (χ0) is 12.9. The maximum absolute atomic E-state index is 11.8. The van der Waals surface area contributed by atoms with E-state index in [2.05, 4.69) is 0 Å². The molecule has 1 amide bonds. The Morgan fingerprint density at radius 1 is 1.29 bits per heavy atom. The highest BCUT2D eigenvalue weighted by Crippen LogP contribution is 2.09. The van der Waals surface area contributed by atoms with Gasteiger partial charge in [-0.1, -0.05) is 29.8 Å². The molecule has 0 saturated carbocycles. The molecule has 0 heterocycles. The minimum atomic E-state index is -3.74. The van der Waals surface area contributed by atoms with E-state index in [1.54, 1.807) is 31.2 Å². The topological polar surface area (TPSA) is 63.2 Å². The number of hydrogen-bond acceptors (Lipinski definition) is 3. The molecule has 1 rings (SSSR count). The number of sulfonamides is 1. The second-order valence-corrected chi connectivity index (χ2v) is 5.30. The third-order valence-electron chi connectivity index (χ3n) is 2.12. The molecule has 92 valence electrons. The molecule has 1 aromatic rings. The van der Waals surface area contributed by atoms with E-state index in [1.807, 2.05) is 11.6 Å². The highest BCUT2D eigenvalue weighted by atomic mass is 32.2. The number of rotatable bonds is 4. The molecule has 0 aromatic heterocycles. The lowest BCUT2D eigenvalue weighted by molar-refractivity contribution is -0.118. The summed E-state index contributed by atoms with van der Waals surface area (Å²) in [5, 5.41) is 0. The Hall–Kier alpha value is -1.62. The van der Waals surface area contributed by atoms with Gasteiger partial charge in [-0.3, -0.25) is 4.79 Å². The average molecular weight is 253 g/mol. The van der Waals surface area contributed by atoms with E-state index in [4.69, 9.17) is 0 Å². The van der Waals surface area contributed by atoms with Crippen molar-refractivity contribution in [1.29, 1.82) is 0 Å². The van der Waals surface area contributed by atoms with Crippen molar-refractivity contribution in [2.45, 2.75) is 25.2 Å². The zero-order valence-electron chi connectivity index (χ0n) is 9.80. The second-order valence-electron chi connectivity index (χ2n) is 3.61. The van der Waals surface area contributed by atoms with Gasteiger partial charge < -0.3 is 0 Å². The SMILES string of the molecule is C/C=C/CC(=O)NS(=O)(=O)c1ccc(C)cc1. The van der Waals surface area contributed by atoms with Crippen LogP contribution in [0.3, 0.4) is 0 Å². The van der Waals surface area contributed by atoms with Gasteiger partial charge in [-0.05, 0) is 26.0 Å². The van der Waals surface area contributed by atoms with E-state index in [9.17, 15) is 13.2 Å². The number of amides is 1. The number of nitrogens with one attached hydrogen (secondary N) is 1. The standard InChI is InChI=1S/C12H15NO3S/c1-3-4-5-12(14)13-17(15,16)11-8-6-10(2)7-9-11/h3-4,6-9H,5H2,1-2H3,(H,13,14)/b4-3+. The lowest BCUT2D eigenvalue weighted by atomic mass is 10.2. The van der Waals surface area contributed by atoms with Gasteiger partial charge in [0.1, 0.15) is 0 Å². The van der Waals surface area contributed by atoms with Crippen LogP contribution in [0.1, 0.15) is 18.9 Å². The first-order chi connectivity index (χ1) is 7.95. The first kappa shape index (κ1) is 13.4. The van der Waals surface area contributed by atoms with Crippen molar-refractivity contribution in [1.82, 2.24) is 4.72 Å². The van der Waals surface area contributed by atoms with Crippen LogP contribution in [-0.4, -0.2) is 14.3 Å². The van der Waals surface area contributed by atoms with Gasteiger partial charge in [-0.15, -0.1) is 0 Å². The van der Waals surface area contributed by atoms with Crippen molar-refractivity contribution in [2.75, 3.05) is 0 Å². The van der Waals surface area contributed by atoms with Crippen molar-refractivity contribution < 1.29 is 13.2 Å². The highest BCUT2D eigenvalue weighted by Gasteiger charge is 2.16. The van der Waals surface area contributed by atoms with E-state index in [0.29, 0.717) is 0 Å². The quantitative estimate of drug-likeness (QED) is 0.832. The monoisotopic (exact) mass is 253 g/mol. The van der Waals surface area contributed by atoms with E-state index < -0.39 is 15.9 Å². The van der Waals surface area contributed by atoms with E-state index in [-0.39, 0.29) is 11.3 Å². The van der Waals surface area contributed by atoms with Crippen molar-refractivity contribution >= 4 is 15.9 Å². The Kier molecular flexibility index (Phi) is 4.45. The molecule has 5 heteroatoms. The normalized spacial score (nSPS) is 11.6. The summed E-state index contributed by atoms with van der Waals surface area (Å²) in [6, 6.07) is 6.32. The molecule has 0 bridgehead atoms. The zero-order valence-corrected chi connectivity index (χ0v) is 10.6. The third-order valence-corrected chi connectivity index (χ3v) is 3.51. The third kappa shape index (κ3) is 4.03. The molecule has 0 aliphatic rings. The van der Waals surface area contributed by atoms with Crippen LogP contribution in [0, 0.1) is 6.92 Å². The van der Waals surface area contributed by atoms with Gasteiger partial charge in [-0.25, -0.2) is 13.1 Å². The molecule has 0 aliphatic carbocycles. The molecule has 0 atom stereocenters. The maximum atomic E-state index is 11.8. The van der Waals surface area contributed by atoms with Crippen LogP contribution in [0.15, 0.2) is 41.3 Å². The fourth-order valence-corrected chi connectivity index (χ4v) is 2.19. The van der Waals surface area contributed by atoms with Crippen molar-refractivity contribution in [3.05, 3.63) is 42.0 Å². The molecule has 0 radical (unpaired) electrons. The molecule has 17 heavy (non-hydrogen) atoms. The van der Waals surface area contributed by atoms with Gasteiger partial charge in [0, 0.05) is 6.42 Å². The van der Waals surface area contributed by atoms with Crippen LogP contribution in [0.4, 0.5) is 0 Å². The second kappa shape index (κ2) is 5.63. The molecule has 1 aromatic carbocycles. The van der Waals surface area contributed by atoms with Crippen LogP contribution in [-0.2, 0) is 14.8 Å². The smallest absolute Gasteiger partial charge is 0.264 e. The predicted octanol–water partition coefficient (Wildman–Crippen LogP) is 1.77. The Bertz CT molecular complexity index is 515. The number of hydrogen-bond donors (Lipinski definition) is 1.